The molecule has 0 aromatic carbocycles. The SMILES string of the molecule is C=C(C)C(=O)OC(C)OC12CC3CC(CC(OC(=O)CS(=O)(=O)[N-]S(C)(=O)=O)(C3)C1)C2. The zero-order valence-electron chi connectivity index (χ0n) is 17.8. The van der Waals surface area contributed by atoms with Gasteiger partial charge >= 0.3 is 11.9 Å². The molecule has 0 saturated heterocycles. The maximum absolute atomic E-state index is 12.4. The Hall–Kier alpha value is -1.50. The Bertz CT molecular complexity index is 972. The molecular weight excluding hydrogens is 450 g/mol. The lowest BCUT2D eigenvalue weighted by atomic mass is 9.52. The van der Waals surface area contributed by atoms with E-state index in [0.29, 0.717) is 25.5 Å². The van der Waals surface area contributed by atoms with Crippen molar-refractivity contribution in [1.82, 2.24) is 0 Å². The van der Waals surface area contributed by atoms with E-state index in [2.05, 4.69) is 10.7 Å². The van der Waals surface area contributed by atoms with Gasteiger partial charge in [0, 0.05) is 18.2 Å². The van der Waals surface area contributed by atoms with E-state index in [1.54, 1.807) is 13.8 Å². The zero-order chi connectivity index (χ0) is 23.2. The van der Waals surface area contributed by atoms with Crippen LogP contribution in [-0.4, -0.2) is 58.3 Å². The van der Waals surface area contributed by atoms with E-state index in [1.807, 2.05) is 0 Å². The van der Waals surface area contributed by atoms with Crippen LogP contribution in [0.5, 0.6) is 0 Å². The number of rotatable bonds is 9. The zero-order valence-corrected chi connectivity index (χ0v) is 19.5. The minimum Gasteiger partial charge on any atom is -0.458 e. The molecule has 4 aliphatic rings. The van der Waals surface area contributed by atoms with Crippen molar-refractivity contribution in [2.24, 2.45) is 11.8 Å². The molecule has 0 aromatic rings. The monoisotopic (exact) mass is 478 g/mol. The normalized spacial score (nSPS) is 33.0. The highest BCUT2D eigenvalue weighted by Gasteiger charge is 2.61. The Balaban J connectivity index is 1.70. The summed E-state index contributed by atoms with van der Waals surface area (Å²) in [7, 11) is -8.67. The lowest BCUT2D eigenvalue weighted by molar-refractivity contribution is -0.273. The molecular formula is C19H28NO9S2-. The lowest BCUT2D eigenvalue weighted by Crippen LogP contribution is -2.62. The molecule has 0 amide bonds. The second-order valence-corrected chi connectivity index (χ2v) is 12.7. The van der Waals surface area contributed by atoms with E-state index in [1.165, 1.54) is 0 Å². The first-order valence-electron chi connectivity index (χ1n) is 10.0. The molecule has 4 bridgehead atoms. The first-order chi connectivity index (χ1) is 14.1. The first-order valence-corrected chi connectivity index (χ1v) is 13.5. The predicted octanol–water partition coefficient (Wildman–Crippen LogP) is 1.77. The molecule has 0 aromatic heterocycles. The molecule has 4 saturated carbocycles. The van der Waals surface area contributed by atoms with Gasteiger partial charge < -0.3 is 18.3 Å². The van der Waals surface area contributed by atoms with Gasteiger partial charge in [-0.25, -0.2) is 21.6 Å². The number of sulfonamides is 2. The summed E-state index contributed by atoms with van der Waals surface area (Å²) in [6.45, 7) is 6.71. The summed E-state index contributed by atoms with van der Waals surface area (Å²) in [5, 5.41) is 0. The van der Waals surface area contributed by atoms with E-state index in [-0.39, 0.29) is 17.4 Å². The Morgan fingerprint density at radius 2 is 1.65 bits per heavy atom. The van der Waals surface area contributed by atoms with Crippen LogP contribution < -0.4 is 0 Å². The van der Waals surface area contributed by atoms with Crippen LogP contribution in [0.3, 0.4) is 0 Å². The summed E-state index contributed by atoms with van der Waals surface area (Å²) in [6.07, 6.45) is 3.79. The molecule has 0 aliphatic heterocycles. The molecule has 176 valence electrons. The van der Waals surface area contributed by atoms with Crippen molar-refractivity contribution in [2.45, 2.75) is 69.9 Å². The van der Waals surface area contributed by atoms with Crippen molar-refractivity contribution in [3.8, 4) is 0 Å². The highest BCUT2D eigenvalue weighted by atomic mass is 32.3. The fraction of sp³-hybridized carbons (Fsp3) is 0.789. The van der Waals surface area contributed by atoms with Gasteiger partial charge in [-0.15, -0.1) is 0 Å². The van der Waals surface area contributed by atoms with Gasteiger partial charge in [0.15, 0.2) is 0 Å². The lowest BCUT2D eigenvalue weighted by Gasteiger charge is -2.60. The van der Waals surface area contributed by atoms with Crippen molar-refractivity contribution in [3.05, 3.63) is 16.3 Å². The second-order valence-electron chi connectivity index (χ2n) is 9.21. The highest BCUT2D eigenvalue weighted by molar-refractivity contribution is 8.12. The number of ether oxygens (including phenoxy) is 3. The van der Waals surface area contributed by atoms with Crippen LogP contribution in [0.4, 0.5) is 0 Å². The maximum Gasteiger partial charge on any atom is 0.335 e. The summed E-state index contributed by atoms with van der Waals surface area (Å²) in [6, 6.07) is 0. The molecule has 3 atom stereocenters. The van der Waals surface area contributed by atoms with Crippen LogP contribution >= 0.6 is 0 Å². The molecule has 10 nitrogen and oxygen atoms in total. The first kappa shape index (κ1) is 24.1. The van der Waals surface area contributed by atoms with Crippen molar-refractivity contribution in [3.63, 3.8) is 0 Å². The fourth-order valence-corrected chi connectivity index (χ4v) is 7.85. The Kier molecular flexibility index (Phi) is 6.33. The van der Waals surface area contributed by atoms with E-state index >= 15 is 0 Å². The molecule has 31 heavy (non-hydrogen) atoms. The number of hydrogen-bond donors (Lipinski definition) is 0. The average molecular weight is 479 g/mol. The molecule has 4 fully saturated rings. The molecule has 12 heteroatoms. The molecule has 4 aliphatic carbocycles. The quantitative estimate of drug-likeness (QED) is 0.275. The smallest absolute Gasteiger partial charge is 0.335 e. The third kappa shape index (κ3) is 6.05. The van der Waals surface area contributed by atoms with Crippen LogP contribution in [0.2, 0.25) is 0 Å². The van der Waals surface area contributed by atoms with Gasteiger partial charge in [0.2, 0.25) is 6.29 Å². The van der Waals surface area contributed by atoms with Crippen molar-refractivity contribution >= 4 is 32.0 Å². The van der Waals surface area contributed by atoms with Crippen LogP contribution in [0, 0.1) is 11.8 Å². The van der Waals surface area contributed by atoms with Gasteiger partial charge in [0.1, 0.15) is 11.4 Å². The molecule has 0 N–H and O–H groups in total. The number of esters is 2. The number of carbonyl (C=O) groups excluding carboxylic acids is 2. The molecule has 0 spiro atoms. The van der Waals surface area contributed by atoms with Gasteiger partial charge in [-0.05, 0) is 57.8 Å². The van der Waals surface area contributed by atoms with E-state index < -0.39 is 55.2 Å². The van der Waals surface area contributed by atoms with Crippen LogP contribution in [0.25, 0.3) is 4.13 Å². The average Bonchev–Trinajstić information content (AvgIpc) is 2.48. The fourth-order valence-electron chi connectivity index (χ4n) is 5.63. The number of carbonyl (C=O) groups is 2. The van der Waals surface area contributed by atoms with Gasteiger partial charge in [0.05, 0.1) is 25.6 Å². The minimum absolute atomic E-state index is 0.232. The molecule has 3 unspecified atom stereocenters. The maximum atomic E-state index is 12.4. The van der Waals surface area contributed by atoms with E-state index in [0.717, 1.165) is 19.3 Å². The molecule has 4 rings (SSSR count). The topological polar surface area (TPSA) is 144 Å². The Morgan fingerprint density at radius 3 is 2.16 bits per heavy atom. The molecule has 0 radical (unpaired) electrons. The van der Waals surface area contributed by atoms with Crippen molar-refractivity contribution < 1.29 is 40.6 Å². The third-order valence-corrected chi connectivity index (χ3v) is 8.46. The number of nitrogens with zero attached hydrogens (tertiary/aromatic N) is 1. The van der Waals surface area contributed by atoms with Crippen molar-refractivity contribution in [2.75, 3.05) is 12.0 Å². The van der Waals surface area contributed by atoms with Gasteiger partial charge in [-0.2, -0.15) is 0 Å². The third-order valence-electron chi connectivity index (χ3n) is 5.87. The summed E-state index contributed by atoms with van der Waals surface area (Å²) < 4.78 is 65.9. The van der Waals surface area contributed by atoms with Crippen LogP contribution in [0.15, 0.2) is 12.2 Å². The summed E-state index contributed by atoms with van der Waals surface area (Å²) in [5.41, 5.74) is -1.28. The van der Waals surface area contributed by atoms with Crippen LogP contribution in [0.1, 0.15) is 52.4 Å². The Labute approximate surface area is 182 Å². The minimum atomic E-state index is -4.51. The van der Waals surface area contributed by atoms with E-state index in [9.17, 15) is 26.4 Å². The largest absolute Gasteiger partial charge is 0.458 e. The van der Waals surface area contributed by atoms with Crippen LogP contribution in [-0.2, 0) is 43.8 Å². The standard InChI is InChI=1S/C19H28NO9S2/c1-12(2)17(22)27-13(3)28-18-6-14-5-15(7-18)9-19(8-14,11-18)29-16(21)10-31(25,26)20-30(4,23)24/h13-15H,1,5-11H2,2-4H3/q-1. The summed E-state index contributed by atoms with van der Waals surface area (Å²) >= 11 is 0. The summed E-state index contributed by atoms with van der Waals surface area (Å²) in [4.78, 5) is 24.2. The second kappa shape index (κ2) is 8.13. The molecule has 0 heterocycles. The highest BCUT2D eigenvalue weighted by Crippen LogP contribution is 2.60. The van der Waals surface area contributed by atoms with Crippen molar-refractivity contribution in [1.29, 1.82) is 0 Å². The predicted molar refractivity (Wildman–Crippen MR) is 110 cm³/mol. The number of hydrogen-bond acceptors (Lipinski definition) is 9. The van der Waals surface area contributed by atoms with Gasteiger partial charge in [-0.3, -0.25) is 4.79 Å². The Morgan fingerprint density at radius 1 is 1.10 bits per heavy atom. The van der Waals surface area contributed by atoms with E-state index in [4.69, 9.17) is 14.2 Å². The van der Waals surface area contributed by atoms with Gasteiger partial charge in [-0.1, -0.05) is 6.58 Å². The summed E-state index contributed by atoms with van der Waals surface area (Å²) in [5.74, 6) is -2.27. The van der Waals surface area contributed by atoms with Gasteiger partial charge in [0.25, 0.3) is 0 Å².